The zero-order chi connectivity index (χ0) is 6.85. The van der Waals surface area contributed by atoms with Gasteiger partial charge in [0.2, 0.25) is 0 Å². The Morgan fingerprint density at radius 3 is 2.33 bits per heavy atom. The molecule has 1 aromatic rings. The molecule has 6 heteroatoms. The first-order chi connectivity index (χ1) is 4.22. The van der Waals surface area contributed by atoms with Crippen molar-refractivity contribution in [3.05, 3.63) is 9.39 Å². The van der Waals surface area contributed by atoms with Gasteiger partial charge in [-0.3, -0.25) is 0 Å². The number of rotatable bonds is 1. The molecule has 0 atom stereocenters. The van der Waals surface area contributed by atoms with Crippen LogP contribution in [0.25, 0.3) is 0 Å². The zero-order valence-electron chi connectivity index (χ0n) is 4.44. The van der Waals surface area contributed by atoms with Gasteiger partial charge in [-0.1, -0.05) is 0 Å². The van der Waals surface area contributed by atoms with Gasteiger partial charge in [-0.2, -0.15) is 0 Å². The van der Waals surface area contributed by atoms with Gasteiger partial charge in [-0.25, -0.2) is 0 Å². The average molecular weight is 248 g/mol. The molecule has 0 radical (unpaired) electrons. The average Bonchev–Trinajstić information content (AvgIpc) is 2.13. The summed E-state index contributed by atoms with van der Waals surface area (Å²) in [5.41, 5.74) is 0.213. The molecule has 0 saturated carbocycles. The molecule has 0 N–H and O–H groups in total. The summed E-state index contributed by atoms with van der Waals surface area (Å²) in [6.07, 6.45) is 0. The molecule has 0 spiro atoms. The first-order valence-electron chi connectivity index (χ1n) is 2.04. The summed E-state index contributed by atoms with van der Waals surface area (Å²) in [4.78, 5) is 0. The van der Waals surface area contributed by atoms with Crippen LogP contribution in [0, 0.1) is 10.6 Å². The normalized spacial score (nSPS) is 11.7. The first kappa shape index (κ1) is 6.84. The third-order valence-electron chi connectivity index (χ3n) is 0.733. The summed E-state index contributed by atoms with van der Waals surface area (Å²) >= 11 is -3.94. The molecule has 0 amide bonds. The summed E-state index contributed by atoms with van der Waals surface area (Å²) in [7, 11) is 0. The standard InChI is InChI=1S/C3H3F2IN2O/c1-2-3(6(4)5)8-9-7-2/h1H3. The second-order valence-corrected chi connectivity index (χ2v) is 3.48. The van der Waals surface area contributed by atoms with E-state index in [0.29, 0.717) is 0 Å². The summed E-state index contributed by atoms with van der Waals surface area (Å²) in [6.45, 7) is 1.45. The minimum absolute atomic E-state index is 0.213. The Morgan fingerprint density at radius 1 is 1.44 bits per heavy atom. The van der Waals surface area contributed by atoms with Gasteiger partial charge in [0.05, 0.1) is 0 Å². The number of halogens is 3. The summed E-state index contributed by atoms with van der Waals surface area (Å²) < 4.78 is 27.6. The molecule has 0 saturated heterocycles. The van der Waals surface area contributed by atoms with Crippen molar-refractivity contribution in [2.24, 2.45) is 0 Å². The van der Waals surface area contributed by atoms with Crippen molar-refractivity contribution in [2.45, 2.75) is 6.92 Å². The SMILES string of the molecule is Cc1nonc1I(F)F. The monoisotopic (exact) mass is 248 g/mol. The molecular weight excluding hydrogens is 245 g/mol. The Morgan fingerprint density at radius 2 is 2.11 bits per heavy atom. The second kappa shape index (κ2) is 2.54. The maximum atomic E-state index is 11.9. The number of nitrogens with zero attached hydrogens (tertiary/aromatic N) is 2. The van der Waals surface area contributed by atoms with Gasteiger partial charge in [-0.05, 0) is 0 Å². The van der Waals surface area contributed by atoms with E-state index in [1.807, 2.05) is 0 Å². The molecule has 3 nitrogen and oxygen atoms in total. The molecule has 0 aromatic carbocycles. The van der Waals surface area contributed by atoms with Crippen LogP contribution in [0.5, 0.6) is 0 Å². The predicted octanol–water partition coefficient (Wildman–Crippen LogP) is 1.82. The van der Waals surface area contributed by atoms with E-state index in [4.69, 9.17) is 0 Å². The number of aromatic nitrogens is 2. The van der Waals surface area contributed by atoms with Crippen LogP contribution in [0.3, 0.4) is 0 Å². The summed E-state index contributed by atoms with van der Waals surface area (Å²) in [5.74, 6) is 0. The molecule has 0 fully saturated rings. The molecule has 1 aromatic heterocycles. The Kier molecular flexibility index (Phi) is 1.94. The van der Waals surface area contributed by atoms with E-state index < -0.39 is 21.0 Å². The summed E-state index contributed by atoms with van der Waals surface area (Å²) in [5, 5.41) is 6.26. The third-order valence-corrected chi connectivity index (χ3v) is 2.48. The summed E-state index contributed by atoms with van der Waals surface area (Å²) in [6, 6.07) is 0. The zero-order valence-corrected chi connectivity index (χ0v) is 6.59. The fourth-order valence-electron chi connectivity index (χ4n) is 0.351. The van der Waals surface area contributed by atoms with Crippen molar-refractivity contribution in [1.29, 1.82) is 0 Å². The van der Waals surface area contributed by atoms with Crippen LogP contribution in [0.2, 0.25) is 0 Å². The van der Waals surface area contributed by atoms with Crippen molar-refractivity contribution >= 4 is 21.0 Å². The van der Waals surface area contributed by atoms with Crippen LogP contribution < -0.4 is 0 Å². The van der Waals surface area contributed by atoms with E-state index in [0.717, 1.165) is 0 Å². The van der Waals surface area contributed by atoms with Gasteiger partial charge in [0.25, 0.3) is 0 Å². The van der Waals surface area contributed by atoms with Crippen LogP contribution in [-0.2, 0) is 0 Å². The van der Waals surface area contributed by atoms with Gasteiger partial charge >= 0.3 is 57.9 Å². The van der Waals surface area contributed by atoms with Gasteiger partial charge in [-0.15, -0.1) is 0 Å². The van der Waals surface area contributed by atoms with Gasteiger partial charge < -0.3 is 0 Å². The predicted molar refractivity (Wildman–Crippen MR) is 34.0 cm³/mol. The van der Waals surface area contributed by atoms with E-state index in [9.17, 15) is 5.72 Å². The van der Waals surface area contributed by atoms with Crippen molar-refractivity contribution in [3.63, 3.8) is 0 Å². The molecule has 0 bridgehead atoms. The van der Waals surface area contributed by atoms with Crippen molar-refractivity contribution in [2.75, 3.05) is 0 Å². The molecule has 1 heterocycles. The molecule has 9 heavy (non-hydrogen) atoms. The van der Waals surface area contributed by atoms with Crippen LogP contribution in [0.1, 0.15) is 5.69 Å². The van der Waals surface area contributed by atoms with E-state index in [-0.39, 0.29) is 9.39 Å². The molecule has 1 rings (SSSR count). The van der Waals surface area contributed by atoms with E-state index in [1.54, 1.807) is 0 Å². The molecule has 0 aliphatic heterocycles. The minimum atomic E-state index is -3.94. The number of aryl methyl sites for hydroxylation is 1. The van der Waals surface area contributed by atoms with Crippen LogP contribution in [0.15, 0.2) is 4.63 Å². The fourth-order valence-corrected chi connectivity index (χ4v) is 1.28. The van der Waals surface area contributed by atoms with E-state index in [2.05, 4.69) is 14.9 Å². The van der Waals surface area contributed by atoms with Crippen LogP contribution in [0.4, 0.5) is 5.72 Å². The first-order valence-corrected chi connectivity index (χ1v) is 4.75. The van der Waals surface area contributed by atoms with E-state index in [1.165, 1.54) is 6.92 Å². The van der Waals surface area contributed by atoms with E-state index >= 15 is 0 Å². The molecule has 0 aliphatic carbocycles. The Hall–Kier alpha value is -0.270. The fraction of sp³-hybridized carbons (Fsp3) is 0.333. The Balaban J connectivity index is 2.94. The van der Waals surface area contributed by atoms with Crippen LogP contribution >= 0.6 is 21.0 Å². The van der Waals surface area contributed by atoms with Crippen LogP contribution in [-0.4, -0.2) is 10.3 Å². The number of hydrogen-bond donors (Lipinski definition) is 0. The second-order valence-electron chi connectivity index (χ2n) is 1.34. The molecule has 52 valence electrons. The van der Waals surface area contributed by atoms with Crippen molar-refractivity contribution in [1.82, 2.24) is 10.3 Å². The molecule has 0 aliphatic rings. The number of hydrogen-bond acceptors (Lipinski definition) is 3. The van der Waals surface area contributed by atoms with Gasteiger partial charge in [0.15, 0.2) is 0 Å². The Labute approximate surface area is 58.3 Å². The topological polar surface area (TPSA) is 38.9 Å². The quantitative estimate of drug-likeness (QED) is 0.711. The maximum absolute atomic E-state index is 11.9. The molecule has 0 unspecified atom stereocenters. The Bertz CT molecular complexity index is 201. The van der Waals surface area contributed by atoms with Crippen molar-refractivity contribution in [3.8, 4) is 0 Å². The third kappa shape index (κ3) is 1.35. The molecular formula is C3H3F2IN2O. The van der Waals surface area contributed by atoms with Gasteiger partial charge in [0.1, 0.15) is 0 Å². The van der Waals surface area contributed by atoms with Crippen molar-refractivity contribution < 1.29 is 10.3 Å². The van der Waals surface area contributed by atoms with Gasteiger partial charge in [0, 0.05) is 0 Å².